The Hall–Kier alpha value is -1.74. The standard InChI is InChI=1S/C18H22N2O4S2/c1-14-6-11-25-17(14)18(21)19-12-15-4-2-3-5-16(15)13-26(22,23)20-7-9-24-10-8-20/h2-6,11H,7-10,12-13H2,1H3,(H,19,21). The molecule has 0 bridgehead atoms. The van der Waals surface area contributed by atoms with Crippen LogP contribution < -0.4 is 5.32 Å². The predicted octanol–water partition coefficient (Wildman–Crippen LogP) is 2.15. The molecule has 3 rings (SSSR count). The summed E-state index contributed by atoms with van der Waals surface area (Å²) in [5.41, 5.74) is 2.46. The molecule has 1 N–H and O–H groups in total. The first-order valence-electron chi connectivity index (χ1n) is 8.42. The zero-order valence-corrected chi connectivity index (χ0v) is 16.2. The molecule has 2 heterocycles. The smallest absolute Gasteiger partial charge is 0.261 e. The summed E-state index contributed by atoms with van der Waals surface area (Å²) in [7, 11) is -3.40. The van der Waals surface area contributed by atoms with Crippen molar-refractivity contribution in [2.45, 2.75) is 19.2 Å². The fourth-order valence-electron chi connectivity index (χ4n) is 2.84. The van der Waals surface area contributed by atoms with Gasteiger partial charge in [0.2, 0.25) is 10.0 Å². The lowest BCUT2D eigenvalue weighted by Gasteiger charge is -2.26. The number of aryl methyl sites for hydroxylation is 1. The van der Waals surface area contributed by atoms with Gasteiger partial charge in [-0.15, -0.1) is 11.3 Å². The second kappa shape index (κ2) is 8.30. The third-order valence-corrected chi connectivity index (χ3v) is 7.17. The van der Waals surface area contributed by atoms with Crippen LogP contribution in [0.1, 0.15) is 26.4 Å². The van der Waals surface area contributed by atoms with E-state index in [4.69, 9.17) is 4.74 Å². The van der Waals surface area contributed by atoms with E-state index in [1.54, 1.807) is 6.07 Å². The van der Waals surface area contributed by atoms with E-state index in [-0.39, 0.29) is 11.7 Å². The first kappa shape index (κ1) is 19.0. The Balaban J connectivity index is 1.70. The lowest BCUT2D eigenvalue weighted by Crippen LogP contribution is -2.41. The summed E-state index contributed by atoms with van der Waals surface area (Å²) in [5.74, 6) is -0.208. The lowest BCUT2D eigenvalue weighted by atomic mass is 10.1. The number of nitrogens with zero attached hydrogens (tertiary/aromatic N) is 1. The van der Waals surface area contributed by atoms with Gasteiger partial charge >= 0.3 is 0 Å². The molecule has 0 aliphatic carbocycles. The number of morpholine rings is 1. The summed E-state index contributed by atoms with van der Waals surface area (Å²) in [5, 5.41) is 4.77. The number of nitrogens with one attached hydrogen (secondary N) is 1. The predicted molar refractivity (Wildman–Crippen MR) is 102 cm³/mol. The van der Waals surface area contributed by atoms with Gasteiger partial charge in [-0.3, -0.25) is 4.79 Å². The average molecular weight is 395 g/mol. The Bertz CT molecular complexity index is 871. The van der Waals surface area contributed by atoms with Gasteiger partial charge in [-0.05, 0) is 35.1 Å². The number of benzene rings is 1. The van der Waals surface area contributed by atoms with Crippen LogP contribution in [0.5, 0.6) is 0 Å². The Morgan fingerprint density at radius 1 is 1.19 bits per heavy atom. The number of thiophene rings is 1. The number of amides is 1. The zero-order chi connectivity index (χ0) is 18.6. The molecule has 0 radical (unpaired) electrons. The molecule has 0 unspecified atom stereocenters. The van der Waals surface area contributed by atoms with E-state index in [1.807, 2.05) is 36.6 Å². The molecule has 26 heavy (non-hydrogen) atoms. The highest BCUT2D eigenvalue weighted by molar-refractivity contribution is 7.88. The van der Waals surface area contributed by atoms with Crippen LogP contribution in [0.2, 0.25) is 0 Å². The number of carbonyl (C=O) groups excluding carboxylic acids is 1. The summed E-state index contributed by atoms with van der Waals surface area (Å²) in [4.78, 5) is 13.0. The molecule has 1 fully saturated rings. The van der Waals surface area contributed by atoms with E-state index in [2.05, 4.69) is 5.32 Å². The monoisotopic (exact) mass is 394 g/mol. The van der Waals surface area contributed by atoms with Crippen LogP contribution >= 0.6 is 11.3 Å². The minimum absolute atomic E-state index is 0.0723. The maximum absolute atomic E-state index is 12.7. The van der Waals surface area contributed by atoms with E-state index >= 15 is 0 Å². The van der Waals surface area contributed by atoms with Crippen molar-refractivity contribution in [3.05, 3.63) is 57.3 Å². The van der Waals surface area contributed by atoms with Gasteiger partial charge < -0.3 is 10.1 Å². The number of sulfonamides is 1. The number of carbonyl (C=O) groups is 1. The van der Waals surface area contributed by atoms with Gasteiger partial charge in [-0.1, -0.05) is 24.3 Å². The molecule has 0 saturated carbocycles. The van der Waals surface area contributed by atoms with Crippen molar-refractivity contribution in [3.63, 3.8) is 0 Å². The molecule has 8 heteroatoms. The van der Waals surface area contributed by atoms with Crippen molar-refractivity contribution >= 4 is 27.3 Å². The van der Waals surface area contributed by atoms with Crippen LogP contribution in [0.25, 0.3) is 0 Å². The van der Waals surface area contributed by atoms with Gasteiger partial charge in [-0.25, -0.2) is 8.42 Å². The van der Waals surface area contributed by atoms with Crippen molar-refractivity contribution in [1.29, 1.82) is 0 Å². The van der Waals surface area contributed by atoms with Crippen LogP contribution in [0.15, 0.2) is 35.7 Å². The van der Waals surface area contributed by atoms with Gasteiger partial charge in [0.15, 0.2) is 0 Å². The molecule has 0 spiro atoms. The van der Waals surface area contributed by atoms with Crippen LogP contribution in [-0.2, 0) is 27.1 Å². The highest BCUT2D eigenvalue weighted by atomic mass is 32.2. The minimum atomic E-state index is -3.40. The molecule has 1 aliphatic rings. The number of hydrogen-bond acceptors (Lipinski definition) is 5. The molecule has 140 valence electrons. The zero-order valence-electron chi connectivity index (χ0n) is 14.6. The summed E-state index contributed by atoms with van der Waals surface area (Å²) in [6, 6.07) is 9.23. The van der Waals surface area contributed by atoms with Crippen LogP contribution in [0, 0.1) is 6.92 Å². The molecule has 1 aromatic heterocycles. The molecule has 0 atom stereocenters. The van der Waals surface area contributed by atoms with Crippen molar-refractivity contribution in [1.82, 2.24) is 9.62 Å². The first-order valence-corrected chi connectivity index (χ1v) is 10.9. The van der Waals surface area contributed by atoms with Crippen LogP contribution in [0.4, 0.5) is 0 Å². The van der Waals surface area contributed by atoms with Gasteiger partial charge in [0.05, 0.1) is 23.8 Å². The van der Waals surface area contributed by atoms with Crippen LogP contribution in [-0.4, -0.2) is 44.9 Å². The fraction of sp³-hybridized carbons (Fsp3) is 0.389. The topological polar surface area (TPSA) is 75.7 Å². The Kier molecular flexibility index (Phi) is 6.08. The number of ether oxygens (including phenoxy) is 1. The second-order valence-electron chi connectivity index (χ2n) is 6.15. The van der Waals surface area contributed by atoms with Crippen LogP contribution in [0.3, 0.4) is 0 Å². The quantitative estimate of drug-likeness (QED) is 0.815. The highest BCUT2D eigenvalue weighted by Crippen LogP contribution is 2.18. The second-order valence-corrected chi connectivity index (χ2v) is 9.04. The van der Waals surface area contributed by atoms with E-state index in [0.29, 0.717) is 43.3 Å². The SMILES string of the molecule is Cc1ccsc1C(=O)NCc1ccccc1CS(=O)(=O)N1CCOCC1. The van der Waals surface area contributed by atoms with Crippen molar-refractivity contribution in [3.8, 4) is 0 Å². The largest absolute Gasteiger partial charge is 0.379 e. The fourth-order valence-corrected chi connectivity index (χ4v) is 5.25. The molecule has 1 saturated heterocycles. The number of rotatable bonds is 6. The maximum atomic E-state index is 12.7. The third-order valence-electron chi connectivity index (χ3n) is 4.33. The summed E-state index contributed by atoms with van der Waals surface area (Å²) < 4.78 is 32.0. The molecule has 1 amide bonds. The normalized spacial score (nSPS) is 15.7. The van der Waals surface area contributed by atoms with Gasteiger partial charge in [0, 0.05) is 19.6 Å². The van der Waals surface area contributed by atoms with Gasteiger partial charge in [0.25, 0.3) is 5.91 Å². The van der Waals surface area contributed by atoms with E-state index in [0.717, 1.165) is 11.1 Å². The highest BCUT2D eigenvalue weighted by Gasteiger charge is 2.25. The van der Waals surface area contributed by atoms with Crippen molar-refractivity contribution < 1.29 is 17.9 Å². The maximum Gasteiger partial charge on any atom is 0.261 e. The van der Waals surface area contributed by atoms with Gasteiger partial charge in [-0.2, -0.15) is 4.31 Å². The molecular formula is C18H22N2O4S2. The van der Waals surface area contributed by atoms with Crippen molar-refractivity contribution in [2.24, 2.45) is 0 Å². The average Bonchev–Trinajstić information content (AvgIpc) is 3.07. The molecule has 2 aromatic rings. The van der Waals surface area contributed by atoms with E-state index in [9.17, 15) is 13.2 Å². The minimum Gasteiger partial charge on any atom is -0.379 e. The van der Waals surface area contributed by atoms with E-state index in [1.165, 1.54) is 15.6 Å². The first-order chi connectivity index (χ1) is 12.5. The number of hydrogen-bond donors (Lipinski definition) is 1. The molecular weight excluding hydrogens is 372 g/mol. The summed E-state index contributed by atoms with van der Waals surface area (Å²) in [6.45, 7) is 3.82. The third kappa shape index (κ3) is 4.50. The molecule has 1 aromatic carbocycles. The van der Waals surface area contributed by atoms with E-state index < -0.39 is 10.0 Å². The Labute approximate surface area is 157 Å². The Morgan fingerprint density at radius 3 is 2.54 bits per heavy atom. The van der Waals surface area contributed by atoms with Gasteiger partial charge in [0.1, 0.15) is 0 Å². The summed E-state index contributed by atoms with van der Waals surface area (Å²) >= 11 is 1.40. The summed E-state index contributed by atoms with van der Waals surface area (Å²) in [6.07, 6.45) is 0. The Morgan fingerprint density at radius 2 is 1.88 bits per heavy atom. The molecule has 6 nitrogen and oxygen atoms in total. The molecule has 1 aliphatic heterocycles. The van der Waals surface area contributed by atoms with Crippen molar-refractivity contribution in [2.75, 3.05) is 26.3 Å². The lowest BCUT2D eigenvalue weighted by molar-refractivity contribution is 0.0729.